The Bertz CT molecular complexity index is 1260. The molecule has 1 aromatic heterocycles. The van der Waals surface area contributed by atoms with E-state index in [4.69, 9.17) is 14.5 Å². The molecule has 0 amide bonds. The van der Waals surface area contributed by atoms with E-state index in [1.807, 2.05) is 6.07 Å². The predicted octanol–water partition coefficient (Wildman–Crippen LogP) is -1.03. The third-order valence-electron chi connectivity index (χ3n) is 6.29. The summed E-state index contributed by atoms with van der Waals surface area (Å²) in [6.07, 6.45) is 5.38. The summed E-state index contributed by atoms with van der Waals surface area (Å²) >= 11 is 1.77. The minimum absolute atomic E-state index is 0. The molecule has 0 radical (unpaired) electrons. The maximum absolute atomic E-state index is 5.84. The van der Waals surface area contributed by atoms with Gasteiger partial charge in [0.1, 0.15) is 17.6 Å². The minimum Gasteiger partial charge on any atom is -1.00 e. The minimum atomic E-state index is 0. The SMILES string of the molecule is COc1ccc2c(c1OC)C(=Cc1sc3ccccc3[n+]1C)N=C(CCCC[N+](C)(C)C)N2C.[I-].[I-]. The van der Waals surface area contributed by atoms with E-state index in [1.54, 1.807) is 25.6 Å². The number of fused-ring (bicyclic) bond motifs is 2. The van der Waals surface area contributed by atoms with E-state index in [-0.39, 0.29) is 48.0 Å². The van der Waals surface area contributed by atoms with Crippen molar-refractivity contribution in [3.8, 4) is 11.5 Å². The Balaban J connectivity index is 0.00000228. The molecule has 9 heteroatoms. The summed E-state index contributed by atoms with van der Waals surface area (Å²) in [7, 11) is 14.3. The fourth-order valence-electron chi connectivity index (χ4n) is 4.41. The highest BCUT2D eigenvalue weighted by Crippen LogP contribution is 2.45. The van der Waals surface area contributed by atoms with Crippen molar-refractivity contribution in [2.24, 2.45) is 12.0 Å². The molecule has 1 aliphatic rings. The topological polar surface area (TPSA) is 37.9 Å². The number of ether oxygens (including phenoxy) is 2. The Morgan fingerprint density at radius 1 is 1.03 bits per heavy atom. The molecule has 1 aliphatic heterocycles. The molecule has 0 bridgehead atoms. The molecule has 0 saturated heterocycles. The van der Waals surface area contributed by atoms with Crippen LogP contribution in [0.25, 0.3) is 22.0 Å². The number of aromatic nitrogens is 1. The summed E-state index contributed by atoms with van der Waals surface area (Å²) in [5.74, 6) is 2.51. The monoisotopic (exact) mass is 734 g/mol. The van der Waals surface area contributed by atoms with Gasteiger partial charge >= 0.3 is 0 Å². The van der Waals surface area contributed by atoms with E-state index in [1.165, 1.54) is 16.6 Å². The third kappa shape index (κ3) is 6.51. The molecule has 0 fully saturated rings. The van der Waals surface area contributed by atoms with Crippen LogP contribution in [-0.2, 0) is 7.05 Å². The first-order valence-corrected chi connectivity index (χ1v) is 12.5. The molecule has 0 N–H and O–H groups in total. The van der Waals surface area contributed by atoms with E-state index in [0.717, 1.165) is 57.4 Å². The molecule has 0 atom stereocenters. The molecule has 6 nitrogen and oxygen atoms in total. The maximum Gasteiger partial charge on any atom is 0.264 e. The Kier molecular flexibility index (Phi) is 11.0. The van der Waals surface area contributed by atoms with Crippen molar-refractivity contribution < 1.29 is 66.5 Å². The largest absolute Gasteiger partial charge is 1.00 e. The summed E-state index contributed by atoms with van der Waals surface area (Å²) in [6.45, 7) is 1.15. The number of quaternary nitrogens is 1. The Hall–Kier alpha value is -1.44. The van der Waals surface area contributed by atoms with Gasteiger partial charge in [-0.15, -0.1) is 0 Å². The molecule has 2 aromatic carbocycles. The second kappa shape index (κ2) is 12.9. The Labute approximate surface area is 253 Å². The molecule has 36 heavy (non-hydrogen) atoms. The fourth-order valence-corrected chi connectivity index (χ4v) is 5.50. The lowest BCUT2D eigenvalue weighted by Gasteiger charge is -2.31. The number of halogens is 2. The zero-order valence-electron chi connectivity index (χ0n) is 22.1. The van der Waals surface area contributed by atoms with Gasteiger partial charge in [0.2, 0.25) is 5.52 Å². The highest BCUT2D eigenvalue weighted by atomic mass is 127. The van der Waals surface area contributed by atoms with Crippen molar-refractivity contribution in [3.05, 3.63) is 47.0 Å². The number of unbranched alkanes of at least 4 members (excludes halogenated alkanes) is 1. The number of nitrogens with zero attached hydrogens (tertiary/aromatic N) is 4. The lowest BCUT2D eigenvalue weighted by atomic mass is 10.0. The molecular weight excluding hydrogens is 698 g/mol. The lowest BCUT2D eigenvalue weighted by molar-refractivity contribution is -0.870. The highest BCUT2D eigenvalue weighted by Gasteiger charge is 2.28. The number of hydrogen-bond donors (Lipinski definition) is 0. The predicted molar refractivity (Wildman–Crippen MR) is 143 cm³/mol. The molecule has 0 aliphatic carbocycles. The first-order valence-electron chi connectivity index (χ1n) is 11.7. The van der Waals surface area contributed by atoms with Crippen molar-refractivity contribution >= 4 is 44.8 Å². The average molecular weight is 734 g/mol. The van der Waals surface area contributed by atoms with Gasteiger partial charge in [-0.25, -0.2) is 4.99 Å². The normalized spacial score (nSPS) is 14.1. The molecule has 2 heterocycles. The van der Waals surface area contributed by atoms with E-state index < -0.39 is 0 Å². The molecular formula is C27H36I2N4O2S. The number of para-hydroxylation sites is 1. The van der Waals surface area contributed by atoms with Gasteiger partial charge in [-0.2, -0.15) is 4.57 Å². The number of benzene rings is 2. The molecule has 0 unspecified atom stereocenters. The van der Waals surface area contributed by atoms with Crippen LogP contribution >= 0.6 is 11.3 Å². The third-order valence-corrected chi connectivity index (χ3v) is 7.45. The number of anilines is 1. The van der Waals surface area contributed by atoms with Gasteiger partial charge in [-0.3, -0.25) is 0 Å². The van der Waals surface area contributed by atoms with Crippen LogP contribution in [0.3, 0.4) is 0 Å². The Morgan fingerprint density at radius 3 is 2.39 bits per heavy atom. The Morgan fingerprint density at radius 2 is 1.75 bits per heavy atom. The van der Waals surface area contributed by atoms with Gasteiger partial charge < -0.3 is 66.8 Å². The number of aliphatic imine (C=N–C) groups is 1. The number of hydrogen-bond acceptors (Lipinski definition) is 5. The number of methoxy groups -OCH3 is 2. The standard InChI is InChI=1S/C27H36N4O2S.2HI/c1-29-21-15-16-22(32-6)27(33-7)26(21)19(28-24(29)14-10-11-17-31(3,4)5)18-25-30(2)20-12-8-9-13-23(20)34-25;;/h8-9,12-13,15-16,18H,10-11,14,17H2,1-7H3;2*1H/q+2;;/p-2. The highest BCUT2D eigenvalue weighted by molar-refractivity contribution is 7.18. The van der Waals surface area contributed by atoms with Crippen LogP contribution in [0.4, 0.5) is 5.69 Å². The number of amidine groups is 1. The smallest absolute Gasteiger partial charge is 0.264 e. The molecule has 4 rings (SSSR count). The fraction of sp³-hybridized carbons (Fsp3) is 0.407. The van der Waals surface area contributed by atoms with Crippen molar-refractivity contribution in [2.75, 3.05) is 53.9 Å². The first-order chi connectivity index (χ1) is 16.2. The van der Waals surface area contributed by atoms with E-state index in [9.17, 15) is 0 Å². The quantitative estimate of drug-likeness (QED) is 0.129. The van der Waals surface area contributed by atoms with Crippen LogP contribution in [0.15, 0.2) is 41.4 Å². The van der Waals surface area contributed by atoms with Crippen LogP contribution in [0, 0.1) is 0 Å². The maximum atomic E-state index is 5.84. The summed E-state index contributed by atoms with van der Waals surface area (Å²) in [5, 5.41) is 1.14. The van der Waals surface area contributed by atoms with Crippen LogP contribution < -0.4 is 66.9 Å². The summed E-state index contributed by atoms with van der Waals surface area (Å²) < 4.78 is 15.9. The van der Waals surface area contributed by atoms with E-state index in [2.05, 4.69) is 81.1 Å². The van der Waals surface area contributed by atoms with Crippen molar-refractivity contribution in [2.45, 2.75) is 19.3 Å². The van der Waals surface area contributed by atoms with Gasteiger partial charge in [0.15, 0.2) is 11.5 Å². The van der Waals surface area contributed by atoms with E-state index in [0.29, 0.717) is 5.75 Å². The molecule has 3 aromatic rings. The van der Waals surface area contributed by atoms with Crippen LogP contribution in [-0.4, -0.2) is 59.3 Å². The van der Waals surface area contributed by atoms with Crippen LogP contribution in [0.2, 0.25) is 0 Å². The number of aryl methyl sites for hydroxylation is 1. The first kappa shape index (κ1) is 30.8. The van der Waals surface area contributed by atoms with Gasteiger partial charge in [0.05, 0.1) is 58.9 Å². The molecule has 196 valence electrons. The van der Waals surface area contributed by atoms with Gasteiger partial charge in [0, 0.05) is 25.6 Å². The zero-order valence-corrected chi connectivity index (χ0v) is 27.3. The lowest BCUT2D eigenvalue weighted by Crippen LogP contribution is -3.00. The summed E-state index contributed by atoms with van der Waals surface area (Å²) in [6, 6.07) is 12.6. The zero-order chi connectivity index (χ0) is 24.5. The number of thiazole rings is 1. The van der Waals surface area contributed by atoms with Gasteiger partial charge in [0.25, 0.3) is 5.01 Å². The van der Waals surface area contributed by atoms with Gasteiger partial charge in [-0.05, 0) is 31.0 Å². The number of rotatable bonds is 8. The van der Waals surface area contributed by atoms with Crippen molar-refractivity contribution in [1.29, 1.82) is 0 Å². The van der Waals surface area contributed by atoms with Crippen molar-refractivity contribution in [3.63, 3.8) is 0 Å². The van der Waals surface area contributed by atoms with Crippen LogP contribution in [0.1, 0.15) is 29.8 Å². The molecule has 0 saturated carbocycles. The van der Waals surface area contributed by atoms with E-state index >= 15 is 0 Å². The van der Waals surface area contributed by atoms with Crippen molar-refractivity contribution in [1.82, 2.24) is 0 Å². The van der Waals surface area contributed by atoms with Crippen LogP contribution in [0.5, 0.6) is 11.5 Å². The second-order valence-corrected chi connectivity index (χ2v) is 10.8. The molecule has 0 spiro atoms. The summed E-state index contributed by atoms with van der Waals surface area (Å²) in [4.78, 5) is 7.39. The average Bonchev–Trinajstić information content (AvgIpc) is 3.13. The van der Waals surface area contributed by atoms with Gasteiger partial charge in [-0.1, -0.05) is 23.5 Å². The summed E-state index contributed by atoms with van der Waals surface area (Å²) in [5.41, 5.74) is 4.18. The second-order valence-electron chi connectivity index (χ2n) is 9.75.